The van der Waals surface area contributed by atoms with Crippen molar-refractivity contribution in [1.82, 2.24) is 18.7 Å². The molecule has 0 atom stereocenters. The first-order valence-corrected chi connectivity index (χ1v) is 11.2. The van der Waals surface area contributed by atoms with Gasteiger partial charge in [0.05, 0.1) is 13.1 Å². The van der Waals surface area contributed by atoms with E-state index >= 15 is 0 Å². The third kappa shape index (κ3) is 4.41. The molecule has 0 spiro atoms. The van der Waals surface area contributed by atoms with Crippen LogP contribution >= 0.6 is 0 Å². The van der Waals surface area contributed by atoms with E-state index in [1.54, 1.807) is 11.6 Å². The van der Waals surface area contributed by atoms with Crippen LogP contribution in [0.25, 0.3) is 11.2 Å². The second-order valence-corrected chi connectivity index (χ2v) is 8.44. The van der Waals surface area contributed by atoms with Crippen molar-refractivity contribution in [3.63, 3.8) is 0 Å². The highest BCUT2D eigenvalue weighted by molar-refractivity contribution is 5.72. The number of ether oxygens (including phenoxy) is 1. The first-order chi connectivity index (χ1) is 16.4. The monoisotopic (exact) mass is 461 g/mol. The summed E-state index contributed by atoms with van der Waals surface area (Å²) in [5.74, 6) is 0.862. The number of nitrogens with zero attached hydrogens (tertiary/aromatic N) is 5. The average Bonchev–Trinajstić information content (AvgIpc) is 3.18. The Balaban J connectivity index is 1.93. The van der Waals surface area contributed by atoms with Crippen LogP contribution in [0, 0.1) is 4.91 Å². The van der Waals surface area contributed by atoms with Crippen LogP contribution in [0.5, 0.6) is 11.8 Å². The molecule has 0 N–H and O–H groups in total. The lowest BCUT2D eigenvalue weighted by Gasteiger charge is -2.14. The van der Waals surface area contributed by atoms with Crippen LogP contribution in [0.15, 0.2) is 69.4 Å². The fraction of sp³-hybridized carbons (Fsp3) is 0.320. The van der Waals surface area contributed by atoms with Gasteiger partial charge in [0, 0.05) is 13.6 Å². The molecule has 9 heteroatoms. The lowest BCUT2D eigenvalue weighted by Crippen LogP contribution is -2.39. The van der Waals surface area contributed by atoms with Crippen molar-refractivity contribution in [2.45, 2.75) is 39.3 Å². The highest BCUT2D eigenvalue weighted by Crippen LogP contribution is 2.31. The van der Waals surface area contributed by atoms with Crippen LogP contribution in [0.3, 0.4) is 0 Å². The third-order valence-corrected chi connectivity index (χ3v) is 5.75. The molecule has 2 aromatic carbocycles. The molecule has 0 saturated carbocycles. The van der Waals surface area contributed by atoms with Gasteiger partial charge in [0.1, 0.15) is 5.75 Å². The molecular formula is C25H27N5O4. The van der Waals surface area contributed by atoms with Gasteiger partial charge >= 0.3 is 11.7 Å². The molecule has 176 valence electrons. The second kappa shape index (κ2) is 9.86. The summed E-state index contributed by atoms with van der Waals surface area (Å²) in [6.07, 6.45) is 0.294. The topological polar surface area (TPSA) is 100 Å². The molecule has 4 rings (SSSR count). The zero-order valence-electron chi connectivity index (χ0n) is 19.5. The zero-order chi connectivity index (χ0) is 24.2. The summed E-state index contributed by atoms with van der Waals surface area (Å²) in [6, 6.07) is 17.6. The van der Waals surface area contributed by atoms with Gasteiger partial charge in [-0.3, -0.25) is 18.5 Å². The van der Waals surface area contributed by atoms with Crippen molar-refractivity contribution >= 4 is 11.2 Å². The SMILES string of the molecule is CC(C)c1ccccc1Oc1nc2c(c(=O)n(CCCN=O)c(=O)n2C)n1Cc1ccccc1. The van der Waals surface area contributed by atoms with Gasteiger partial charge in [0.2, 0.25) is 0 Å². The summed E-state index contributed by atoms with van der Waals surface area (Å²) >= 11 is 0. The standard InChI is InChI=1S/C25H27N5O4/c1-17(2)19-12-7-8-13-20(19)34-24-27-22-21(30(24)16-18-10-5-4-6-11-18)23(31)29(15-9-14-26-33)25(32)28(22)3/h4-8,10-13,17H,9,14-16H2,1-3H3. The predicted molar refractivity (Wildman–Crippen MR) is 131 cm³/mol. The molecule has 0 saturated heterocycles. The van der Waals surface area contributed by atoms with Gasteiger partial charge < -0.3 is 4.74 Å². The van der Waals surface area contributed by atoms with Crippen molar-refractivity contribution in [3.8, 4) is 11.8 Å². The maximum atomic E-state index is 13.5. The van der Waals surface area contributed by atoms with Gasteiger partial charge in [-0.05, 0) is 29.5 Å². The van der Waals surface area contributed by atoms with Gasteiger partial charge in [0.15, 0.2) is 11.2 Å². The Morgan fingerprint density at radius 2 is 1.71 bits per heavy atom. The number of rotatable bonds is 9. The van der Waals surface area contributed by atoms with Crippen LogP contribution in [-0.4, -0.2) is 25.2 Å². The van der Waals surface area contributed by atoms with Crippen LogP contribution in [0.2, 0.25) is 0 Å². The summed E-state index contributed by atoms with van der Waals surface area (Å²) in [7, 11) is 1.57. The quantitative estimate of drug-likeness (QED) is 0.277. The third-order valence-electron chi connectivity index (χ3n) is 5.75. The number of fused-ring (bicyclic) bond motifs is 1. The largest absolute Gasteiger partial charge is 0.425 e. The van der Waals surface area contributed by atoms with E-state index in [2.05, 4.69) is 24.0 Å². The van der Waals surface area contributed by atoms with E-state index < -0.39 is 11.2 Å². The number of benzene rings is 2. The normalized spacial score (nSPS) is 11.3. The molecule has 0 fully saturated rings. The summed E-state index contributed by atoms with van der Waals surface area (Å²) in [5, 5.41) is 2.83. The number of hydrogen-bond acceptors (Lipinski definition) is 6. The number of aryl methyl sites for hydroxylation is 1. The van der Waals surface area contributed by atoms with Gasteiger partial charge in [-0.15, -0.1) is 0 Å². The lowest BCUT2D eigenvalue weighted by molar-refractivity contribution is 0.414. The summed E-state index contributed by atoms with van der Waals surface area (Å²) in [5.41, 5.74) is 1.50. The van der Waals surface area contributed by atoms with E-state index in [-0.39, 0.29) is 36.2 Å². The smallest absolute Gasteiger partial charge is 0.332 e. The number of hydrogen-bond donors (Lipinski definition) is 0. The molecule has 4 aromatic rings. The molecule has 0 bridgehead atoms. The molecule has 0 amide bonds. The molecule has 0 aliphatic carbocycles. The van der Waals surface area contributed by atoms with Gasteiger partial charge in [0.25, 0.3) is 5.56 Å². The predicted octanol–water partition coefficient (Wildman–Crippen LogP) is 4.02. The maximum absolute atomic E-state index is 13.5. The molecule has 0 aliphatic rings. The average molecular weight is 462 g/mol. The Kier molecular flexibility index (Phi) is 6.72. The number of para-hydroxylation sites is 1. The Labute approximate surface area is 196 Å². The Morgan fingerprint density at radius 3 is 2.41 bits per heavy atom. The Hall–Kier alpha value is -4.01. The summed E-state index contributed by atoms with van der Waals surface area (Å²) in [4.78, 5) is 41.5. The van der Waals surface area contributed by atoms with Gasteiger partial charge in [-0.25, -0.2) is 4.79 Å². The van der Waals surface area contributed by atoms with Crippen molar-refractivity contribution in [1.29, 1.82) is 0 Å². The van der Waals surface area contributed by atoms with E-state index in [0.717, 1.165) is 15.7 Å². The molecule has 2 aromatic heterocycles. The molecule has 34 heavy (non-hydrogen) atoms. The minimum atomic E-state index is -0.498. The number of nitroso groups, excluding NO2 is 1. The van der Waals surface area contributed by atoms with Crippen molar-refractivity contribution in [3.05, 3.63) is 91.5 Å². The molecule has 9 nitrogen and oxygen atoms in total. The van der Waals surface area contributed by atoms with E-state index in [0.29, 0.717) is 18.7 Å². The van der Waals surface area contributed by atoms with Gasteiger partial charge in [-0.1, -0.05) is 67.6 Å². The molecule has 0 unspecified atom stereocenters. The highest BCUT2D eigenvalue weighted by Gasteiger charge is 2.22. The van der Waals surface area contributed by atoms with Crippen LogP contribution < -0.4 is 16.0 Å². The number of aromatic nitrogens is 4. The first kappa shape index (κ1) is 23.2. The van der Waals surface area contributed by atoms with Crippen LogP contribution in [-0.2, 0) is 20.1 Å². The second-order valence-electron chi connectivity index (χ2n) is 8.44. The summed E-state index contributed by atoms with van der Waals surface area (Å²) < 4.78 is 10.5. The van der Waals surface area contributed by atoms with E-state index in [4.69, 9.17) is 4.74 Å². The molecular weight excluding hydrogens is 434 g/mol. The van der Waals surface area contributed by atoms with E-state index in [9.17, 15) is 14.5 Å². The van der Waals surface area contributed by atoms with Crippen molar-refractivity contribution in [2.24, 2.45) is 12.2 Å². The van der Waals surface area contributed by atoms with Crippen LogP contribution in [0.1, 0.15) is 37.3 Å². The lowest BCUT2D eigenvalue weighted by atomic mass is 10.0. The minimum absolute atomic E-state index is 0.0251. The van der Waals surface area contributed by atoms with E-state index in [1.165, 1.54) is 4.57 Å². The molecule has 0 aliphatic heterocycles. The zero-order valence-corrected chi connectivity index (χ0v) is 19.5. The molecule has 2 heterocycles. The van der Waals surface area contributed by atoms with Crippen molar-refractivity contribution < 1.29 is 4.74 Å². The maximum Gasteiger partial charge on any atom is 0.332 e. The highest BCUT2D eigenvalue weighted by atomic mass is 16.5. The van der Waals surface area contributed by atoms with E-state index in [1.807, 2.05) is 54.6 Å². The first-order valence-electron chi connectivity index (χ1n) is 11.2. The van der Waals surface area contributed by atoms with Gasteiger partial charge in [-0.2, -0.15) is 9.89 Å². The van der Waals surface area contributed by atoms with Crippen LogP contribution in [0.4, 0.5) is 0 Å². The fourth-order valence-corrected chi connectivity index (χ4v) is 3.98. The summed E-state index contributed by atoms with van der Waals surface area (Å²) in [6.45, 7) is 4.60. The Morgan fingerprint density at radius 1 is 1.00 bits per heavy atom. The minimum Gasteiger partial charge on any atom is -0.425 e. The Bertz CT molecular complexity index is 1430. The molecule has 0 radical (unpaired) electrons. The number of imidazole rings is 1. The van der Waals surface area contributed by atoms with Crippen molar-refractivity contribution in [2.75, 3.05) is 6.54 Å². The fourth-order valence-electron chi connectivity index (χ4n) is 3.98.